The molecule has 1 aromatic heterocycles. The summed E-state index contributed by atoms with van der Waals surface area (Å²) in [6.45, 7) is 1.40. The first kappa shape index (κ1) is 13.5. The number of aromatic amines is 1. The average Bonchev–Trinajstić information content (AvgIpc) is 2.39. The van der Waals surface area contributed by atoms with E-state index in [9.17, 15) is 9.59 Å². The van der Waals surface area contributed by atoms with Gasteiger partial charge in [0.25, 0.3) is 0 Å². The third-order valence-electron chi connectivity index (χ3n) is 2.71. The third kappa shape index (κ3) is 2.92. The van der Waals surface area contributed by atoms with Gasteiger partial charge in [0, 0.05) is 41.7 Å². The second kappa shape index (κ2) is 5.40. The lowest BCUT2D eigenvalue weighted by atomic mass is 10.0. The Bertz CT molecular complexity index is 734. The van der Waals surface area contributed by atoms with Crippen LogP contribution in [-0.2, 0) is 4.79 Å². The fraction of sp³-hybridized carbons (Fsp3) is 0.0714. The molecule has 0 saturated carbocycles. The number of anilines is 2. The molecular formula is C14H14N4O2. The summed E-state index contributed by atoms with van der Waals surface area (Å²) in [6.07, 6.45) is 1.47. The number of carbonyl (C=O) groups excluding carboxylic acids is 1. The Labute approximate surface area is 115 Å². The maximum Gasteiger partial charge on any atom is 0.248 e. The van der Waals surface area contributed by atoms with Crippen LogP contribution in [0.5, 0.6) is 0 Å². The van der Waals surface area contributed by atoms with Crippen molar-refractivity contribution in [2.24, 2.45) is 0 Å². The number of amides is 1. The zero-order valence-electron chi connectivity index (χ0n) is 10.9. The van der Waals surface area contributed by atoms with Crippen molar-refractivity contribution >= 4 is 23.0 Å². The molecule has 0 aliphatic heterocycles. The molecule has 1 aromatic carbocycles. The molecule has 0 bridgehead atoms. The van der Waals surface area contributed by atoms with Crippen LogP contribution in [0.25, 0.3) is 0 Å². The van der Waals surface area contributed by atoms with Crippen LogP contribution < -0.4 is 16.6 Å². The molecule has 0 spiro atoms. The molecule has 0 fully saturated rings. The van der Waals surface area contributed by atoms with Crippen LogP contribution in [0, 0.1) is 5.41 Å². The van der Waals surface area contributed by atoms with E-state index in [1.165, 1.54) is 19.2 Å². The molecule has 20 heavy (non-hydrogen) atoms. The zero-order valence-corrected chi connectivity index (χ0v) is 10.9. The number of aromatic nitrogens is 1. The van der Waals surface area contributed by atoms with Gasteiger partial charge in [-0.15, -0.1) is 0 Å². The first-order valence-electron chi connectivity index (χ1n) is 5.92. The Morgan fingerprint density at radius 2 is 2.05 bits per heavy atom. The Balaban J connectivity index is 2.43. The van der Waals surface area contributed by atoms with Crippen LogP contribution in [0.1, 0.15) is 18.1 Å². The van der Waals surface area contributed by atoms with E-state index in [4.69, 9.17) is 11.1 Å². The lowest BCUT2D eigenvalue weighted by Gasteiger charge is -2.10. The van der Waals surface area contributed by atoms with Crippen molar-refractivity contribution in [2.75, 3.05) is 11.1 Å². The maximum absolute atomic E-state index is 11.3. The second-order valence-electron chi connectivity index (χ2n) is 4.30. The molecule has 1 amide bonds. The average molecular weight is 270 g/mol. The molecule has 0 aliphatic carbocycles. The Hall–Kier alpha value is -2.89. The molecular weight excluding hydrogens is 256 g/mol. The molecule has 0 radical (unpaired) electrons. The highest BCUT2D eigenvalue weighted by atomic mass is 16.1. The number of nitrogens with one attached hydrogen (secondary N) is 3. The lowest BCUT2D eigenvalue weighted by Crippen LogP contribution is -2.12. The van der Waals surface area contributed by atoms with E-state index < -0.39 is 0 Å². The number of benzene rings is 1. The van der Waals surface area contributed by atoms with Gasteiger partial charge in [-0.2, -0.15) is 0 Å². The maximum atomic E-state index is 11.3. The Kier molecular flexibility index (Phi) is 3.65. The van der Waals surface area contributed by atoms with Crippen LogP contribution in [0.2, 0.25) is 0 Å². The molecule has 0 aliphatic rings. The predicted octanol–water partition coefficient (Wildman–Crippen LogP) is 1.33. The molecule has 0 atom stereocenters. The van der Waals surface area contributed by atoms with Gasteiger partial charge in [-0.25, -0.2) is 0 Å². The van der Waals surface area contributed by atoms with Gasteiger partial charge in [0.05, 0.1) is 5.71 Å². The number of hydrogen-bond donors (Lipinski definition) is 4. The van der Waals surface area contributed by atoms with Gasteiger partial charge in [0.15, 0.2) is 0 Å². The summed E-state index contributed by atoms with van der Waals surface area (Å²) >= 11 is 0. The van der Waals surface area contributed by atoms with E-state index in [1.54, 1.807) is 24.3 Å². The monoisotopic (exact) mass is 270 g/mol. The van der Waals surface area contributed by atoms with Crippen LogP contribution in [0.3, 0.4) is 0 Å². The van der Waals surface area contributed by atoms with E-state index in [0.29, 0.717) is 22.5 Å². The van der Waals surface area contributed by atoms with E-state index in [2.05, 4.69) is 10.3 Å². The molecule has 2 rings (SSSR count). The lowest BCUT2D eigenvalue weighted by molar-refractivity contribution is -0.114. The van der Waals surface area contributed by atoms with Crippen molar-refractivity contribution in [3.8, 4) is 0 Å². The molecule has 102 valence electrons. The van der Waals surface area contributed by atoms with Gasteiger partial charge in [-0.3, -0.25) is 15.0 Å². The molecule has 1 heterocycles. The fourth-order valence-electron chi connectivity index (χ4n) is 1.81. The van der Waals surface area contributed by atoms with E-state index in [1.807, 2.05) is 0 Å². The number of pyridine rings is 1. The SMILES string of the molecule is CC(=O)Nc1ccc(N)c(C(=N)c2cc[nH]c(=O)c2)c1. The smallest absolute Gasteiger partial charge is 0.248 e. The standard InChI is InChI=1S/C14H14N4O2/c1-8(19)18-10-2-3-12(15)11(7-10)14(16)9-4-5-17-13(20)6-9/h2-7,16H,15H2,1H3,(H,17,20)(H,18,19). The number of nitrogens with two attached hydrogens (primary N) is 1. The molecule has 2 aromatic rings. The van der Waals surface area contributed by atoms with Gasteiger partial charge < -0.3 is 16.0 Å². The number of hydrogen-bond acceptors (Lipinski definition) is 4. The Morgan fingerprint density at radius 3 is 2.70 bits per heavy atom. The predicted molar refractivity (Wildman–Crippen MR) is 78.2 cm³/mol. The second-order valence-corrected chi connectivity index (χ2v) is 4.30. The summed E-state index contributed by atoms with van der Waals surface area (Å²) < 4.78 is 0. The van der Waals surface area contributed by atoms with Crippen LogP contribution in [0.15, 0.2) is 41.3 Å². The normalized spacial score (nSPS) is 10.1. The summed E-state index contributed by atoms with van der Waals surface area (Å²) in [5.41, 5.74) is 7.57. The highest BCUT2D eigenvalue weighted by Gasteiger charge is 2.10. The third-order valence-corrected chi connectivity index (χ3v) is 2.71. The molecule has 6 heteroatoms. The van der Waals surface area contributed by atoms with Crippen LogP contribution >= 0.6 is 0 Å². The minimum Gasteiger partial charge on any atom is -0.398 e. The van der Waals surface area contributed by atoms with Crippen molar-refractivity contribution in [3.63, 3.8) is 0 Å². The highest BCUT2D eigenvalue weighted by Crippen LogP contribution is 2.20. The van der Waals surface area contributed by atoms with E-state index in [-0.39, 0.29) is 17.2 Å². The van der Waals surface area contributed by atoms with Gasteiger partial charge in [0.2, 0.25) is 11.5 Å². The highest BCUT2D eigenvalue weighted by molar-refractivity contribution is 6.14. The van der Waals surface area contributed by atoms with Crippen molar-refractivity contribution in [1.82, 2.24) is 4.98 Å². The molecule has 0 unspecified atom stereocenters. The number of carbonyl (C=O) groups is 1. The van der Waals surface area contributed by atoms with Gasteiger partial charge in [0.1, 0.15) is 0 Å². The molecule has 6 nitrogen and oxygen atoms in total. The zero-order chi connectivity index (χ0) is 14.7. The van der Waals surface area contributed by atoms with Crippen molar-refractivity contribution in [2.45, 2.75) is 6.92 Å². The largest absolute Gasteiger partial charge is 0.398 e. The van der Waals surface area contributed by atoms with E-state index >= 15 is 0 Å². The minimum absolute atomic E-state index is 0.126. The summed E-state index contributed by atoms with van der Waals surface area (Å²) in [6, 6.07) is 7.83. The van der Waals surface area contributed by atoms with Crippen molar-refractivity contribution in [1.29, 1.82) is 5.41 Å². The van der Waals surface area contributed by atoms with Crippen LogP contribution in [0.4, 0.5) is 11.4 Å². The first-order valence-corrected chi connectivity index (χ1v) is 5.92. The van der Waals surface area contributed by atoms with Crippen molar-refractivity contribution < 1.29 is 4.79 Å². The summed E-state index contributed by atoms with van der Waals surface area (Å²) in [7, 11) is 0. The first-order chi connectivity index (χ1) is 9.47. The quantitative estimate of drug-likeness (QED) is 0.498. The summed E-state index contributed by atoms with van der Waals surface area (Å²) in [5.74, 6) is -0.205. The van der Waals surface area contributed by atoms with Gasteiger partial charge >= 0.3 is 0 Å². The van der Waals surface area contributed by atoms with E-state index in [0.717, 1.165) is 0 Å². The Morgan fingerprint density at radius 1 is 1.30 bits per heavy atom. The molecule has 5 N–H and O–H groups in total. The number of H-pyrrole nitrogens is 1. The van der Waals surface area contributed by atoms with Crippen LogP contribution in [-0.4, -0.2) is 16.6 Å². The minimum atomic E-state index is -0.288. The fourth-order valence-corrected chi connectivity index (χ4v) is 1.81. The number of rotatable bonds is 3. The van der Waals surface area contributed by atoms with Gasteiger partial charge in [-0.1, -0.05) is 0 Å². The summed E-state index contributed by atoms with van der Waals surface area (Å²) in [4.78, 5) is 24.8. The topological polar surface area (TPSA) is 112 Å². The van der Waals surface area contributed by atoms with Crippen molar-refractivity contribution in [3.05, 3.63) is 58.0 Å². The van der Waals surface area contributed by atoms with Gasteiger partial charge in [-0.05, 0) is 24.3 Å². The molecule has 0 saturated heterocycles. The number of nitrogen functional groups attached to an aromatic ring is 1. The summed E-state index contributed by atoms with van der Waals surface area (Å²) in [5, 5.41) is 10.8.